The third kappa shape index (κ3) is 3.46. The minimum atomic E-state index is -0.566. The Morgan fingerprint density at radius 3 is 2.93 bits per heavy atom. The van der Waals surface area contributed by atoms with E-state index in [0.29, 0.717) is 11.6 Å². The molecule has 142 valence electrons. The zero-order valence-electron chi connectivity index (χ0n) is 15.4. The second kappa shape index (κ2) is 7.74. The Kier molecular flexibility index (Phi) is 4.82. The average molecular weight is 385 g/mol. The van der Waals surface area contributed by atoms with Crippen LogP contribution in [-0.2, 0) is 4.74 Å². The number of ether oxygens (including phenoxy) is 1. The number of rotatable bonds is 5. The minimum Gasteiger partial charge on any atom is -0.462 e. The highest BCUT2D eigenvalue weighted by Gasteiger charge is 2.19. The fraction of sp³-hybridized carbons (Fsp3) is 0.100. The molecular weight excluding hydrogens is 370 g/mol. The molecule has 0 aliphatic heterocycles. The summed E-state index contributed by atoms with van der Waals surface area (Å²) in [6.45, 7) is 1.93. The van der Waals surface area contributed by atoms with Crippen molar-refractivity contribution in [2.45, 2.75) is 6.92 Å². The van der Waals surface area contributed by atoms with E-state index >= 15 is 0 Å². The molecule has 9 nitrogen and oxygen atoms in total. The lowest BCUT2D eigenvalue weighted by Gasteiger charge is -2.12. The van der Waals surface area contributed by atoms with E-state index in [0.717, 1.165) is 10.9 Å². The molecule has 3 heterocycles. The van der Waals surface area contributed by atoms with Gasteiger partial charge in [-0.15, -0.1) is 0 Å². The number of fused-ring (bicyclic) bond motifs is 1. The van der Waals surface area contributed by atoms with Crippen molar-refractivity contribution in [2.75, 3.05) is 11.9 Å². The number of nitrogens with one attached hydrogen (secondary N) is 1. The monoisotopic (exact) mass is 385 g/mol. The number of aromatic nitrogens is 5. The van der Waals surface area contributed by atoms with Crippen molar-refractivity contribution in [3.05, 3.63) is 66.2 Å². The first-order valence-electron chi connectivity index (χ1n) is 8.79. The van der Waals surface area contributed by atoms with Crippen molar-refractivity contribution < 1.29 is 9.53 Å². The Morgan fingerprint density at radius 1 is 1.24 bits per heavy atom. The molecule has 4 rings (SSSR count). The molecule has 3 aromatic heterocycles. The summed E-state index contributed by atoms with van der Waals surface area (Å²) in [5.74, 6) is 0.487. The van der Waals surface area contributed by atoms with Gasteiger partial charge in [0.25, 0.3) is 0 Å². The van der Waals surface area contributed by atoms with Gasteiger partial charge >= 0.3 is 5.97 Å². The molecule has 0 aliphatic rings. The van der Waals surface area contributed by atoms with Gasteiger partial charge in [-0.3, -0.25) is 0 Å². The zero-order valence-corrected chi connectivity index (χ0v) is 15.4. The van der Waals surface area contributed by atoms with Crippen LogP contribution in [0.1, 0.15) is 22.8 Å². The Morgan fingerprint density at radius 2 is 2.10 bits per heavy atom. The molecule has 0 unspecified atom stereocenters. The third-order valence-electron chi connectivity index (χ3n) is 4.13. The van der Waals surface area contributed by atoms with Crippen LogP contribution in [0.15, 0.2) is 55.1 Å². The molecule has 1 aromatic carbocycles. The van der Waals surface area contributed by atoms with Gasteiger partial charge in [0.1, 0.15) is 29.3 Å². The maximum atomic E-state index is 12.2. The zero-order chi connectivity index (χ0) is 20.2. The van der Waals surface area contributed by atoms with E-state index in [1.54, 1.807) is 13.0 Å². The summed E-state index contributed by atoms with van der Waals surface area (Å²) in [5, 5.41) is 17.8. The molecule has 0 amide bonds. The van der Waals surface area contributed by atoms with E-state index in [1.807, 2.05) is 30.3 Å². The molecule has 0 bridgehead atoms. The normalized spacial score (nSPS) is 10.5. The number of anilines is 2. The van der Waals surface area contributed by atoms with Gasteiger partial charge in [-0.2, -0.15) is 15.0 Å². The maximum absolute atomic E-state index is 12.2. The average Bonchev–Trinajstić information content (AvgIpc) is 3.16. The van der Waals surface area contributed by atoms with Crippen molar-refractivity contribution in [1.29, 1.82) is 5.26 Å². The fourth-order valence-electron chi connectivity index (χ4n) is 2.80. The van der Waals surface area contributed by atoms with E-state index in [4.69, 9.17) is 4.74 Å². The molecule has 1 N–H and O–H groups in total. The van der Waals surface area contributed by atoms with Gasteiger partial charge in [0, 0.05) is 11.6 Å². The van der Waals surface area contributed by atoms with Gasteiger partial charge in [-0.05, 0) is 25.1 Å². The third-order valence-corrected chi connectivity index (χ3v) is 4.13. The molecule has 4 aromatic rings. The fourth-order valence-corrected chi connectivity index (χ4v) is 2.80. The summed E-state index contributed by atoms with van der Waals surface area (Å²) in [7, 11) is 0. The molecule has 0 aliphatic carbocycles. The Hall–Kier alpha value is -4.32. The van der Waals surface area contributed by atoms with Crippen LogP contribution in [0, 0.1) is 11.3 Å². The van der Waals surface area contributed by atoms with Gasteiger partial charge in [0.05, 0.1) is 18.3 Å². The molecule has 29 heavy (non-hydrogen) atoms. The Bertz CT molecular complexity index is 1240. The number of pyridine rings is 1. The number of carbonyl (C=O) groups excluding carboxylic acids is 1. The molecule has 0 atom stereocenters. The number of hydrogen-bond acceptors (Lipinski definition) is 8. The van der Waals surface area contributed by atoms with Crippen LogP contribution < -0.4 is 5.32 Å². The lowest BCUT2D eigenvalue weighted by molar-refractivity contribution is 0.0526. The van der Waals surface area contributed by atoms with Crippen LogP contribution in [0.25, 0.3) is 16.7 Å². The van der Waals surface area contributed by atoms with Crippen molar-refractivity contribution >= 4 is 28.5 Å². The predicted octanol–water partition coefficient (Wildman–Crippen LogP) is 3.00. The van der Waals surface area contributed by atoms with E-state index in [9.17, 15) is 10.1 Å². The summed E-state index contributed by atoms with van der Waals surface area (Å²) >= 11 is 0. The second-order valence-electron chi connectivity index (χ2n) is 5.92. The van der Waals surface area contributed by atoms with Crippen molar-refractivity contribution in [2.24, 2.45) is 0 Å². The Labute approximate surface area is 165 Å². The van der Waals surface area contributed by atoms with Crippen LogP contribution in [-0.4, -0.2) is 37.3 Å². The first-order valence-corrected chi connectivity index (χ1v) is 8.79. The van der Waals surface area contributed by atoms with Crippen molar-refractivity contribution in [1.82, 2.24) is 24.7 Å². The van der Waals surface area contributed by atoms with E-state index in [-0.39, 0.29) is 23.6 Å². The van der Waals surface area contributed by atoms with Crippen LogP contribution in [0.3, 0.4) is 0 Å². The van der Waals surface area contributed by atoms with E-state index in [1.165, 1.54) is 23.4 Å². The highest BCUT2D eigenvalue weighted by molar-refractivity contribution is 5.95. The molecule has 0 fully saturated rings. The lowest BCUT2D eigenvalue weighted by atomic mass is 10.2. The largest absolute Gasteiger partial charge is 0.462 e. The standard InChI is InChI=1S/C20H15N7O2/c1-2-29-20(28)15-11-22-12-23-18(15)26-19-14(9-21)10-24-27(19)17-8-7-13-5-3-4-6-16(13)25-17/h3-8,10-12H,2H2,1H3,(H,22,23,26). The van der Waals surface area contributed by atoms with Gasteiger partial charge in [-0.1, -0.05) is 18.2 Å². The lowest BCUT2D eigenvalue weighted by Crippen LogP contribution is -2.12. The van der Waals surface area contributed by atoms with Crippen LogP contribution in [0.4, 0.5) is 11.6 Å². The maximum Gasteiger partial charge on any atom is 0.343 e. The van der Waals surface area contributed by atoms with Crippen molar-refractivity contribution in [3.8, 4) is 11.9 Å². The van der Waals surface area contributed by atoms with Crippen LogP contribution >= 0.6 is 0 Å². The van der Waals surface area contributed by atoms with Gasteiger partial charge in [0.15, 0.2) is 11.6 Å². The van der Waals surface area contributed by atoms with Crippen LogP contribution in [0.2, 0.25) is 0 Å². The highest BCUT2D eigenvalue weighted by Crippen LogP contribution is 2.25. The molecular formula is C20H15N7O2. The molecule has 0 spiro atoms. The summed E-state index contributed by atoms with van der Waals surface area (Å²) in [5.41, 5.74) is 1.21. The first-order chi connectivity index (χ1) is 14.2. The molecule has 9 heteroatoms. The smallest absolute Gasteiger partial charge is 0.343 e. The van der Waals surface area contributed by atoms with Crippen LogP contribution in [0.5, 0.6) is 0 Å². The number of para-hydroxylation sites is 1. The summed E-state index contributed by atoms with van der Waals surface area (Å²) in [6.07, 6.45) is 4.07. The minimum absolute atomic E-state index is 0.150. The number of carbonyl (C=O) groups is 1. The number of nitriles is 1. The molecule has 0 saturated carbocycles. The number of benzene rings is 1. The number of hydrogen-bond donors (Lipinski definition) is 1. The van der Waals surface area contributed by atoms with E-state index < -0.39 is 5.97 Å². The van der Waals surface area contributed by atoms with E-state index in [2.05, 4.69) is 31.4 Å². The van der Waals surface area contributed by atoms with Gasteiger partial charge < -0.3 is 10.1 Å². The summed E-state index contributed by atoms with van der Waals surface area (Å²) in [4.78, 5) is 24.8. The topological polar surface area (TPSA) is 119 Å². The highest BCUT2D eigenvalue weighted by atomic mass is 16.5. The SMILES string of the molecule is CCOC(=O)c1cncnc1Nc1c(C#N)cnn1-c1ccc2ccccc2n1. The predicted molar refractivity (Wildman–Crippen MR) is 105 cm³/mol. The number of nitrogens with zero attached hydrogens (tertiary/aromatic N) is 6. The quantitative estimate of drug-likeness (QED) is 0.521. The Balaban J connectivity index is 1.79. The molecule has 0 saturated heterocycles. The van der Waals surface area contributed by atoms with Crippen molar-refractivity contribution in [3.63, 3.8) is 0 Å². The summed E-state index contributed by atoms with van der Waals surface area (Å²) < 4.78 is 6.54. The van der Waals surface area contributed by atoms with Gasteiger partial charge in [0.2, 0.25) is 0 Å². The first kappa shape index (κ1) is 18.1. The molecule has 0 radical (unpaired) electrons. The number of esters is 1. The summed E-state index contributed by atoms with van der Waals surface area (Å²) in [6, 6.07) is 13.5. The van der Waals surface area contributed by atoms with Gasteiger partial charge in [-0.25, -0.2) is 19.7 Å². The second-order valence-corrected chi connectivity index (χ2v) is 5.92.